The topological polar surface area (TPSA) is 93.2 Å². The van der Waals surface area contributed by atoms with E-state index in [1.54, 1.807) is 88.9 Å². The maximum absolute atomic E-state index is 12.4. The van der Waals surface area contributed by atoms with E-state index in [0.717, 1.165) is 12.2 Å². The number of hydrogen-bond acceptors (Lipinski definition) is 6. The van der Waals surface area contributed by atoms with Crippen molar-refractivity contribution >= 4 is 23.8 Å². The van der Waals surface area contributed by atoms with Crippen molar-refractivity contribution < 1.29 is 28.7 Å². The van der Waals surface area contributed by atoms with Crippen molar-refractivity contribution in [1.82, 2.24) is 9.80 Å². The van der Waals surface area contributed by atoms with Crippen LogP contribution in [0.3, 0.4) is 0 Å². The van der Waals surface area contributed by atoms with Gasteiger partial charge in [0.05, 0.1) is 0 Å². The average molecular weight is 438 g/mol. The summed E-state index contributed by atoms with van der Waals surface area (Å²) in [6, 6.07) is 17.1. The number of ether oxygens (including phenoxy) is 2. The molecule has 0 heterocycles. The van der Waals surface area contributed by atoms with Crippen LogP contribution in [0.5, 0.6) is 0 Å². The van der Waals surface area contributed by atoms with Gasteiger partial charge in [-0.25, -0.2) is 9.59 Å². The molecular weight excluding hydrogens is 412 g/mol. The summed E-state index contributed by atoms with van der Waals surface area (Å²) in [5, 5.41) is 0. The molecule has 0 radical (unpaired) electrons. The van der Waals surface area contributed by atoms with Crippen LogP contribution >= 0.6 is 0 Å². The van der Waals surface area contributed by atoms with Crippen molar-refractivity contribution in [2.75, 3.05) is 28.2 Å². The highest BCUT2D eigenvalue weighted by atomic mass is 16.6. The number of likely N-dealkylation sites (N-methyl/N-ethyl adjacent to an activating group) is 2. The summed E-state index contributed by atoms with van der Waals surface area (Å²) in [7, 11) is 6.19. The molecule has 0 saturated heterocycles. The third kappa shape index (κ3) is 6.80. The molecule has 2 rings (SSSR count). The van der Waals surface area contributed by atoms with Gasteiger partial charge in [0.2, 0.25) is 12.2 Å². The monoisotopic (exact) mass is 438 g/mol. The fourth-order valence-corrected chi connectivity index (χ4v) is 2.69. The molecule has 0 N–H and O–H groups in total. The van der Waals surface area contributed by atoms with Gasteiger partial charge < -0.3 is 19.3 Å². The van der Waals surface area contributed by atoms with E-state index in [4.69, 9.17) is 9.47 Å². The minimum Gasteiger partial charge on any atom is -0.444 e. The first-order chi connectivity index (χ1) is 15.2. The number of rotatable bonds is 8. The zero-order valence-electron chi connectivity index (χ0n) is 18.4. The second kappa shape index (κ2) is 11.5. The van der Waals surface area contributed by atoms with Crippen molar-refractivity contribution in [3.8, 4) is 0 Å². The van der Waals surface area contributed by atoms with E-state index in [1.165, 1.54) is 9.80 Å². The van der Waals surface area contributed by atoms with Gasteiger partial charge in [-0.2, -0.15) is 0 Å². The van der Waals surface area contributed by atoms with Crippen molar-refractivity contribution in [3.63, 3.8) is 0 Å². The van der Waals surface area contributed by atoms with E-state index < -0.39 is 36.0 Å². The molecule has 8 nitrogen and oxygen atoms in total. The van der Waals surface area contributed by atoms with Crippen molar-refractivity contribution in [3.05, 3.63) is 83.9 Å². The molecule has 0 bridgehead atoms. The normalized spacial score (nSPS) is 12.5. The Kier molecular flexibility index (Phi) is 8.71. The lowest BCUT2D eigenvalue weighted by molar-refractivity contribution is -0.157. The predicted octanol–water partition coefficient (Wildman–Crippen LogP) is 2.29. The quantitative estimate of drug-likeness (QED) is 0.464. The second-order valence-electron chi connectivity index (χ2n) is 7.25. The van der Waals surface area contributed by atoms with Crippen molar-refractivity contribution in [2.45, 2.75) is 12.2 Å². The van der Waals surface area contributed by atoms with Gasteiger partial charge in [-0.1, -0.05) is 60.7 Å². The molecule has 0 aliphatic rings. The summed E-state index contributed by atoms with van der Waals surface area (Å²) >= 11 is 0. The molecular formula is C24H26N2O6. The van der Waals surface area contributed by atoms with E-state index in [9.17, 15) is 19.2 Å². The Hall–Kier alpha value is -3.94. The molecule has 32 heavy (non-hydrogen) atoms. The van der Waals surface area contributed by atoms with E-state index in [2.05, 4.69) is 0 Å². The number of amides is 2. The van der Waals surface area contributed by atoms with Crippen LogP contribution in [-0.4, -0.2) is 61.7 Å². The van der Waals surface area contributed by atoms with Gasteiger partial charge in [0.15, 0.2) is 0 Å². The molecule has 0 aliphatic heterocycles. The number of hydrogen-bond donors (Lipinski definition) is 0. The number of benzene rings is 2. The summed E-state index contributed by atoms with van der Waals surface area (Å²) in [4.78, 5) is 52.1. The summed E-state index contributed by atoms with van der Waals surface area (Å²) < 4.78 is 10.6. The van der Waals surface area contributed by atoms with E-state index in [-0.39, 0.29) is 0 Å². The lowest BCUT2D eigenvalue weighted by Crippen LogP contribution is -2.31. The highest BCUT2D eigenvalue weighted by Gasteiger charge is 2.27. The van der Waals surface area contributed by atoms with Crippen LogP contribution in [0.15, 0.2) is 72.8 Å². The Morgan fingerprint density at radius 1 is 0.625 bits per heavy atom. The smallest absolute Gasteiger partial charge is 0.332 e. The standard InChI is InChI=1S/C24H26N2O6/c1-25(2)23(29)21(17-11-7-5-8-12-17)31-19(27)15-16-20(28)32-22(24(30)26(3)4)18-13-9-6-10-14-18/h5-16,21-22H,1-4H3/b16-15+/t21-,22-/m1/s1. The van der Waals surface area contributed by atoms with Crippen molar-refractivity contribution in [2.24, 2.45) is 0 Å². The third-order valence-corrected chi connectivity index (χ3v) is 4.36. The van der Waals surface area contributed by atoms with Gasteiger partial charge in [0.1, 0.15) is 0 Å². The fraction of sp³-hybridized carbons (Fsp3) is 0.250. The van der Waals surface area contributed by atoms with Crippen LogP contribution in [0.2, 0.25) is 0 Å². The van der Waals surface area contributed by atoms with Crippen LogP contribution in [0.1, 0.15) is 23.3 Å². The highest BCUT2D eigenvalue weighted by molar-refractivity contribution is 5.94. The zero-order chi connectivity index (χ0) is 23.7. The average Bonchev–Trinajstić information content (AvgIpc) is 2.79. The molecule has 0 spiro atoms. The predicted molar refractivity (Wildman–Crippen MR) is 117 cm³/mol. The minimum atomic E-state index is -1.16. The van der Waals surface area contributed by atoms with Gasteiger partial charge in [-0.15, -0.1) is 0 Å². The molecule has 2 amide bonds. The Morgan fingerprint density at radius 2 is 0.938 bits per heavy atom. The Bertz CT molecular complexity index is 891. The first-order valence-corrected chi connectivity index (χ1v) is 9.82. The number of nitrogens with zero attached hydrogens (tertiary/aromatic N) is 2. The molecule has 0 unspecified atom stereocenters. The van der Waals surface area contributed by atoms with E-state index in [1.807, 2.05) is 0 Å². The molecule has 0 aliphatic carbocycles. The lowest BCUT2D eigenvalue weighted by atomic mass is 10.1. The second-order valence-corrected chi connectivity index (χ2v) is 7.25. The van der Waals surface area contributed by atoms with Gasteiger partial charge >= 0.3 is 11.9 Å². The highest BCUT2D eigenvalue weighted by Crippen LogP contribution is 2.21. The maximum atomic E-state index is 12.4. The van der Waals surface area contributed by atoms with Gasteiger partial charge in [0.25, 0.3) is 11.8 Å². The summed E-state index contributed by atoms with van der Waals surface area (Å²) in [5.41, 5.74) is 0.993. The van der Waals surface area contributed by atoms with Crippen LogP contribution in [0, 0.1) is 0 Å². The first-order valence-electron chi connectivity index (χ1n) is 9.82. The molecule has 0 aromatic heterocycles. The lowest BCUT2D eigenvalue weighted by Gasteiger charge is -2.21. The van der Waals surface area contributed by atoms with Crippen LogP contribution in [0.25, 0.3) is 0 Å². The van der Waals surface area contributed by atoms with Crippen LogP contribution in [-0.2, 0) is 28.7 Å². The van der Waals surface area contributed by atoms with Gasteiger partial charge in [-0.05, 0) is 0 Å². The molecule has 0 fully saturated rings. The fourth-order valence-electron chi connectivity index (χ4n) is 2.69. The largest absolute Gasteiger partial charge is 0.444 e. The molecule has 2 aromatic carbocycles. The van der Waals surface area contributed by atoms with Crippen LogP contribution in [0.4, 0.5) is 0 Å². The Morgan fingerprint density at radius 3 is 1.22 bits per heavy atom. The molecule has 0 saturated carbocycles. The maximum Gasteiger partial charge on any atom is 0.332 e. The van der Waals surface area contributed by atoms with E-state index in [0.29, 0.717) is 11.1 Å². The summed E-state index contributed by atoms with van der Waals surface area (Å²) in [5.74, 6) is -2.66. The molecule has 2 aromatic rings. The summed E-state index contributed by atoms with van der Waals surface area (Å²) in [6.07, 6.45) is -0.592. The molecule has 168 valence electrons. The number of esters is 2. The van der Waals surface area contributed by atoms with Crippen LogP contribution < -0.4 is 0 Å². The third-order valence-electron chi connectivity index (χ3n) is 4.36. The number of carbonyl (C=O) groups is 4. The molecule has 8 heteroatoms. The first kappa shape index (κ1) is 24.3. The van der Waals surface area contributed by atoms with Gasteiger partial charge in [-0.3, -0.25) is 9.59 Å². The van der Waals surface area contributed by atoms with Crippen molar-refractivity contribution in [1.29, 1.82) is 0 Å². The zero-order valence-corrected chi connectivity index (χ0v) is 18.4. The summed E-state index contributed by atoms with van der Waals surface area (Å²) in [6.45, 7) is 0. The van der Waals surface area contributed by atoms with Gasteiger partial charge in [0, 0.05) is 51.5 Å². The SMILES string of the molecule is CN(C)C(=O)[C@H](OC(=O)/C=C/C(=O)O[C@@H](C(=O)N(C)C)c1ccccc1)c1ccccc1. The minimum absolute atomic E-state index is 0.429. The molecule has 2 atom stereocenters. The Balaban J connectivity index is 2.11. The number of carbonyl (C=O) groups excluding carboxylic acids is 4. The van der Waals surface area contributed by atoms with E-state index >= 15 is 0 Å². The Labute approximate surface area is 187 Å².